The molecule has 0 aliphatic carbocycles. The van der Waals surface area contributed by atoms with Gasteiger partial charge in [0.1, 0.15) is 12.5 Å². The van der Waals surface area contributed by atoms with E-state index in [0.717, 1.165) is 24.0 Å². The van der Waals surface area contributed by atoms with Gasteiger partial charge >= 0.3 is 5.69 Å². The highest BCUT2D eigenvalue weighted by Gasteiger charge is 2.22. The van der Waals surface area contributed by atoms with Gasteiger partial charge in [-0.3, -0.25) is 24.9 Å². The molecule has 0 radical (unpaired) electrons. The first-order valence-corrected chi connectivity index (χ1v) is 5.61. The van der Waals surface area contributed by atoms with Crippen molar-refractivity contribution in [1.82, 2.24) is 19.7 Å². The van der Waals surface area contributed by atoms with Crippen LogP contribution in [0.5, 0.6) is 0 Å². The molecule has 0 aromatic carbocycles. The molecule has 0 atom stereocenters. The summed E-state index contributed by atoms with van der Waals surface area (Å²) in [5.74, 6) is 0. The zero-order valence-electron chi connectivity index (χ0n) is 9.46. The van der Waals surface area contributed by atoms with Gasteiger partial charge in [-0.2, -0.15) is 0 Å². The fourth-order valence-electron chi connectivity index (χ4n) is 1.19. The molecule has 19 heavy (non-hydrogen) atoms. The Morgan fingerprint density at radius 3 is 2.53 bits per heavy atom. The van der Waals surface area contributed by atoms with Crippen molar-refractivity contribution in [3.63, 3.8) is 0 Å². The molecule has 0 unspecified atom stereocenters. The Morgan fingerprint density at radius 1 is 1.26 bits per heavy atom. The first kappa shape index (κ1) is 12.9. The average molecular weight is 282 g/mol. The van der Waals surface area contributed by atoms with Crippen LogP contribution in [0.3, 0.4) is 0 Å². The molecule has 0 N–H and O–H groups in total. The SMILES string of the molecule is Cn1cnc(Sc2ncc([N+](=O)[O-])cc2[N+](=O)[O-])n1. The van der Waals surface area contributed by atoms with Crippen LogP contribution in [0.2, 0.25) is 0 Å². The Morgan fingerprint density at radius 2 is 2.00 bits per heavy atom. The monoisotopic (exact) mass is 282 g/mol. The minimum atomic E-state index is -0.743. The molecule has 11 heteroatoms. The Kier molecular flexibility index (Phi) is 3.37. The summed E-state index contributed by atoms with van der Waals surface area (Å²) in [6.07, 6.45) is 2.39. The molecule has 0 aliphatic heterocycles. The van der Waals surface area contributed by atoms with Crippen molar-refractivity contribution < 1.29 is 9.85 Å². The van der Waals surface area contributed by atoms with Crippen LogP contribution >= 0.6 is 11.8 Å². The van der Waals surface area contributed by atoms with Gasteiger partial charge < -0.3 is 0 Å². The van der Waals surface area contributed by atoms with Crippen LogP contribution in [0.25, 0.3) is 0 Å². The van der Waals surface area contributed by atoms with E-state index in [1.807, 2.05) is 0 Å². The molecular formula is C8H6N6O4S. The molecule has 0 amide bonds. The normalized spacial score (nSPS) is 10.4. The summed E-state index contributed by atoms with van der Waals surface area (Å²) in [6, 6.07) is 0.859. The number of rotatable bonds is 4. The van der Waals surface area contributed by atoms with Crippen molar-refractivity contribution in [2.45, 2.75) is 10.2 Å². The highest BCUT2D eigenvalue weighted by molar-refractivity contribution is 7.99. The second-order valence-electron chi connectivity index (χ2n) is 3.33. The van der Waals surface area contributed by atoms with Gasteiger partial charge in [-0.25, -0.2) is 9.97 Å². The first-order valence-electron chi connectivity index (χ1n) is 4.79. The lowest BCUT2D eigenvalue weighted by atomic mass is 10.4. The van der Waals surface area contributed by atoms with E-state index in [0.29, 0.717) is 0 Å². The predicted molar refractivity (Wildman–Crippen MR) is 62.7 cm³/mol. The van der Waals surface area contributed by atoms with Crippen molar-refractivity contribution in [1.29, 1.82) is 0 Å². The zero-order chi connectivity index (χ0) is 14.0. The number of hydrogen-bond donors (Lipinski definition) is 0. The van der Waals surface area contributed by atoms with Gasteiger partial charge in [-0.05, 0) is 11.8 Å². The fraction of sp³-hybridized carbons (Fsp3) is 0.125. The number of pyridine rings is 1. The molecule has 0 fully saturated rings. The van der Waals surface area contributed by atoms with E-state index in [2.05, 4.69) is 15.1 Å². The largest absolute Gasteiger partial charge is 0.308 e. The standard InChI is InChI=1S/C8H6N6O4S/c1-12-4-10-8(11-12)19-7-6(14(17)18)2-5(3-9-7)13(15)16/h2-4H,1H3. The van der Waals surface area contributed by atoms with E-state index in [9.17, 15) is 20.2 Å². The minimum absolute atomic E-state index is 0.00167. The second kappa shape index (κ2) is 4.97. The summed E-state index contributed by atoms with van der Waals surface area (Å²) in [5, 5.41) is 25.6. The maximum Gasteiger partial charge on any atom is 0.308 e. The summed E-state index contributed by atoms with van der Waals surface area (Å²) in [6.45, 7) is 0. The van der Waals surface area contributed by atoms with E-state index >= 15 is 0 Å². The number of aromatic nitrogens is 4. The van der Waals surface area contributed by atoms with Gasteiger partial charge in [0.15, 0.2) is 5.03 Å². The molecule has 0 spiro atoms. The molecule has 0 saturated heterocycles. The zero-order valence-corrected chi connectivity index (χ0v) is 10.3. The van der Waals surface area contributed by atoms with E-state index in [4.69, 9.17) is 0 Å². The van der Waals surface area contributed by atoms with Gasteiger partial charge in [0.25, 0.3) is 5.69 Å². The minimum Gasteiger partial charge on any atom is -0.258 e. The van der Waals surface area contributed by atoms with Gasteiger partial charge in [-0.1, -0.05) is 0 Å². The van der Waals surface area contributed by atoms with Crippen LogP contribution in [0.4, 0.5) is 11.4 Å². The molecule has 98 valence electrons. The lowest BCUT2D eigenvalue weighted by Gasteiger charge is -1.98. The highest BCUT2D eigenvalue weighted by atomic mass is 32.2. The quantitative estimate of drug-likeness (QED) is 0.603. The van der Waals surface area contributed by atoms with Crippen molar-refractivity contribution in [3.05, 3.63) is 38.8 Å². The maximum atomic E-state index is 10.9. The summed E-state index contributed by atoms with van der Waals surface area (Å²) in [7, 11) is 1.65. The Balaban J connectivity index is 2.39. The predicted octanol–water partition coefficient (Wildman–Crippen LogP) is 1.18. The first-order chi connectivity index (χ1) is 8.97. The molecule has 0 saturated carbocycles. The summed E-state index contributed by atoms with van der Waals surface area (Å²) < 4.78 is 1.43. The number of hydrogen-bond acceptors (Lipinski definition) is 8. The molecule has 2 aromatic heterocycles. The van der Waals surface area contributed by atoms with Crippen LogP contribution < -0.4 is 0 Å². The fourth-order valence-corrected chi connectivity index (χ4v) is 1.98. The summed E-state index contributed by atoms with van der Waals surface area (Å²) >= 11 is 0.865. The Hall–Kier alpha value is -2.56. The van der Waals surface area contributed by atoms with Crippen LogP contribution in [-0.4, -0.2) is 29.6 Å². The van der Waals surface area contributed by atoms with Crippen molar-refractivity contribution >= 4 is 23.1 Å². The van der Waals surface area contributed by atoms with Crippen molar-refractivity contribution in [2.75, 3.05) is 0 Å². The van der Waals surface area contributed by atoms with Crippen molar-refractivity contribution in [2.24, 2.45) is 7.05 Å². The highest BCUT2D eigenvalue weighted by Crippen LogP contribution is 2.32. The van der Waals surface area contributed by atoms with Crippen LogP contribution in [0.1, 0.15) is 0 Å². The number of nitro groups is 2. The third-order valence-corrected chi connectivity index (χ3v) is 2.87. The van der Waals surface area contributed by atoms with Crippen LogP contribution in [-0.2, 0) is 7.05 Å². The van der Waals surface area contributed by atoms with Crippen LogP contribution in [0, 0.1) is 20.2 Å². The third kappa shape index (κ3) is 2.82. The lowest BCUT2D eigenvalue weighted by molar-refractivity contribution is -0.396. The van der Waals surface area contributed by atoms with Gasteiger partial charge in [0.05, 0.1) is 15.9 Å². The maximum absolute atomic E-state index is 10.9. The average Bonchev–Trinajstić information content (AvgIpc) is 2.74. The summed E-state index contributed by atoms with van der Waals surface area (Å²) in [4.78, 5) is 27.6. The van der Waals surface area contributed by atoms with E-state index in [1.54, 1.807) is 7.05 Å². The molecule has 2 aromatic rings. The van der Waals surface area contributed by atoms with Crippen molar-refractivity contribution in [3.8, 4) is 0 Å². The topological polar surface area (TPSA) is 130 Å². The smallest absolute Gasteiger partial charge is 0.258 e. The molecule has 10 nitrogen and oxygen atoms in total. The number of nitrogens with zero attached hydrogens (tertiary/aromatic N) is 6. The Bertz CT molecular complexity index is 656. The molecule has 2 heterocycles. The van der Waals surface area contributed by atoms with Gasteiger partial charge in [0.2, 0.25) is 5.16 Å². The summed E-state index contributed by atoms with van der Waals surface area (Å²) in [5.41, 5.74) is -0.892. The van der Waals surface area contributed by atoms with Crippen LogP contribution in [0.15, 0.2) is 28.8 Å². The molecule has 0 bridgehead atoms. The Labute approximate surface area is 109 Å². The van der Waals surface area contributed by atoms with E-state index < -0.39 is 21.2 Å². The molecular weight excluding hydrogens is 276 g/mol. The van der Waals surface area contributed by atoms with E-state index in [1.165, 1.54) is 11.0 Å². The van der Waals surface area contributed by atoms with E-state index in [-0.39, 0.29) is 10.2 Å². The molecule has 0 aliphatic rings. The third-order valence-electron chi connectivity index (χ3n) is 1.99. The molecule has 2 rings (SSSR count). The van der Waals surface area contributed by atoms with Gasteiger partial charge in [-0.15, -0.1) is 5.10 Å². The second-order valence-corrected chi connectivity index (χ2v) is 4.29. The lowest BCUT2D eigenvalue weighted by Crippen LogP contribution is -1.97. The van der Waals surface area contributed by atoms with Gasteiger partial charge in [0, 0.05) is 7.05 Å². The number of aryl methyl sites for hydroxylation is 1.